The van der Waals surface area contributed by atoms with Crippen LogP contribution in [0.1, 0.15) is 76.7 Å². The van der Waals surface area contributed by atoms with Crippen molar-refractivity contribution in [1.82, 2.24) is 0 Å². The van der Waals surface area contributed by atoms with E-state index < -0.39 is 0 Å². The van der Waals surface area contributed by atoms with Gasteiger partial charge in [-0.15, -0.1) is 0 Å². The molecule has 0 aliphatic rings. The number of hydrogen-bond donors (Lipinski definition) is 0. The molecule has 0 aliphatic heterocycles. The van der Waals surface area contributed by atoms with Crippen LogP contribution in [0.5, 0.6) is 0 Å². The predicted molar refractivity (Wildman–Crippen MR) is 85.0 cm³/mol. The van der Waals surface area contributed by atoms with Gasteiger partial charge in [0.15, 0.2) is 6.29 Å². The van der Waals surface area contributed by atoms with E-state index in [0.717, 1.165) is 44.5 Å². The standard InChI is InChI=1S/C18H30O2/c1-5-7-13-19-18(20-14-8-6-2)17-11-9-16(10-12-17)15(3)4/h9-12,15,18H,5-8,13-14H2,1-4H3. The Morgan fingerprint density at radius 1 is 0.800 bits per heavy atom. The highest BCUT2D eigenvalue weighted by atomic mass is 16.7. The van der Waals surface area contributed by atoms with E-state index in [4.69, 9.17) is 9.47 Å². The zero-order valence-electron chi connectivity index (χ0n) is 13.5. The van der Waals surface area contributed by atoms with Gasteiger partial charge < -0.3 is 9.47 Å². The summed E-state index contributed by atoms with van der Waals surface area (Å²) in [6, 6.07) is 8.63. The maximum Gasteiger partial charge on any atom is 0.183 e. The Balaban J connectivity index is 2.64. The summed E-state index contributed by atoms with van der Waals surface area (Å²) in [6.45, 7) is 10.3. The van der Waals surface area contributed by atoms with Gasteiger partial charge in [0.25, 0.3) is 0 Å². The summed E-state index contributed by atoms with van der Waals surface area (Å²) in [7, 11) is 0. The Morgan fingerprint density at radius 2 is 1.25 bits per heavy atom. The molecule has 1 rings (SSSR count). The first-order valence-corrected chi connectivity index (χ1v) is 8.02. The Kier molecular flexibility index (Phi) is 8.56. The molecule has 0 spiro atoms. The van der Waals surface area contributed by atoms with Crippen LogP contribution in [0.25, 0.3) is 0 Å². The third-order valence-corrected chi connectivity index (χ3v) is 3.41. The molecule has 20 heavy (non-hydrogen) atoms. The zero-order valence-corrected chi connectivity index (χ0v) is 13.5. The van der Waals surface area contributed by atoms with E-state index in [2.05, 4.69) is 52.0 Å². The molecule has 1 aromatic rings. The summed E-state index contributed by atoms with van der Waals surface area (Å²) in [4.78, 5) is 0. The predicted octanol–water partition coefficient (Wildman–Crippen LogP) is 5.44. The Morgan fingerprint density at radius 3 is 1.65 bits per heavy atom. The van der Waals surface area contributed by atoms with Crippen LogP contribution in [0, 0.1) is 0 Å². The SMILES string of the molecule is CCCCOC(OCCCC)c1ccc(C(C)C)cc1. The molecule has 0 aromatic heterocycles. The fourth-order valence-electron chi connectivity index (χ4n) is 1.95. The monoisotopic (exact) mass is 278 g/mol. The van der Waals surface area contributed by atoms with Crippen molar-refractivity contribution in [2.24, 2.45) is 0 Å². The van der Waals surface area contributed by atoms with Crippen LogP contribution in [-0.4, -0.2) is 13.2 Å². The van der Waals surface area contributed by atoms with Crippen molar-refractivity contribution in [3.05, 3.63) is 35.4 Å². The fraction of sp³-hybridized carbons (Fsp3) is 0.667. The molecule has 0 bridgehead atoms. The fourth-order valence-corrected chi connectivity index (χ4v) is 1.95. The van der Waals surface area contributed by atoms with Crippen LogP contribution in [-0.2, 0) is 9.47 Å². The van der Waals surface area contributed by atoms with Crippen molar-refractivity contribution >= 4 is 0 Å². The molecule has 0 atom stereocenters. The summed E-state index contributed by atoms with van der Waals surface area (Å²) >= 11 is 0. The molecule has 0 amide bonds. The summed E-state index contributed by atoms with van der Waals surface area (Å²) in [6.07, 6.45) is 4.24. The van der Waals surface area contributed by atoms with Crippen molar-refractivity contribution in [3.8, 4) is 0 Å². The Bertz CT molecular complexity index is 333. The topological polar surface area (TPSA) is 18.5 Å². The van der Waals surface area contributed by atoms with Gasteiger partial charge >= 0.3 is 0 Å². The molecular formula is C18H30O2. The molecule has 0 unspecified atom stereocenters. The number of unbranched alkanes of at least 4 members (excludes halogenated alkanes) is 2. The first-order valence-electron chi connectivity index (χ1n) is 8.02. The largest absolute Gasteiger partial charge is 0.348 e. The van der Waals surface area contributed by atoms with Crippen molar-refractivity contribution in [2.75, 3.05) is 13.2 Å². The molecule has 0 N–H and O–H groups in total. The van der Waals surface area contributed by atoms with E-state index in [1.807, 2.05) is 0 Å². The molecule has 0 saturated carbocycles. The number of hydrogen-bond acceptors (Lipinski definition) is 2. The second kappa shape index (κ2) is 9.95. The third kappa shape index (κ3) is 6.06. The molecule has 1 aromatic carbocycles. The first-order chi connectivity index (χ1) is 9.69. The molecule has 0 radical (unpaired) electrons. The van der Waals surface area contributed by atoms with Gasteiger partial charge in [0.05, 0.1) is 13.2 Å². The normalized spacial score (nSPS) is 11.5. The second-order valence-corrected chi connectivity index (χ2v) is 5.60. The summed E-state index contributed by atoms with van der Waals surface area (Å²) in [5, 5.41) is 0. The lowest BCUT2D eigenvalue weighted by Gasteiger charge is -2.19. The maximum atomic E-state index is 5.89. The summed E-state index contributed by atoms with van der Waals surface area (Å²) in [5.41, 5.74) is 2.48. The Hall–Kier alpha value is -0.860. The minimum Gasteiger partial charge on any atom is -0.348 e. The number of rotatable bonds is 10. The van der Waals surface area contributed by atoms with Gasteiger partial charge in [-0.1, -0.05) is 64.8 Å². The van der Waals surface area contributed by atoms with Gasteiger partial charge in [0.2, 0.25) is 0 Å². The minimum absolute atomic E-state index is 0.214. The van der Waals surface area contributed by atoms with Gasteiger partial charge in [-0.3, -0.25) is 0 Å². The van der Waals surface area contributed by atoms with E-state index in [1.54, 1.807) is 0 Å². The quantitative estimate of drug-likeness (QED) is 0.419. The van der Waals surface area contributed by atoms with Crippen molar-refractivity contribution in [2.45, 2.75) is 65.6 Å². The third-order valence-electron chi connectivity index (χ3n) is 3.41. The highest BCUT2D eigenvalue weighted by Gasteiger charge is 2.12. The highest BCUT2D eigenvalue weighted by Crippen LogP contribution is 2.23. The molecule has 114 valence electrons. The van der Waals surface area contributed by atoms with Crippen LogP contribution in [0.4, 0.5) is 0 Å². The van der Waals surface area contributed by atoms with E-state index >= 15 is 0 Å². The number of benzene rings is 1. The average molecular weight is 278 g/mol. The first kappa shape index (κ1) is 17.2. The van der Waals surface area contributed by atoms with Gasteiger partial charge in [0.1, 0.15) is 0 Å². The van der Waals surface area contributed by atoms with E-state index in [1.165, 1.54) is 5.56 Å². The van der Waals surface area contributed by atoms with E-state index in [-0.39, 0.29) is 6.29 Å². The van der Waals surface area contributed by atoms with Gasteiger partial charge in [-0.2, -0.15) is 0 Å². The molecule has 0 saturated heterocycles. The van der Waals surface area contributed by atoms with Crippen LogP contribution in [0.2, 0.25) is 0 Å². The van der Waals surface area contributed by atoms with E-state index in [0.29, 0.717) is 5.92 Å². The average Bonchev–Trinajstić information content (AvgIpc) is 2.46. The van der Waals surface area contributed by atoms with Gasteiger partial charge in [-0.25, -0.2) is 0 Å². The zero-order chi connectivity index (χ0) is 14.8. The van der Waals surface area contributed by atoms with Crippen molar-refractivity contribution in [3.63, 3.8) is 0 Å². The van der Waals surface area contributed by atoms with Crippen molar-refractivity contribution < 1.29 is 9.47 Å². The van der Waals surface area contributed by atoms with Gasteiger partial charge in [0, 0.05) is 5.56 Å². The molecule has 2 nitrogen and oxygen atoms in total. The lowest BCUT2D eigenvalue weighted by molar-refractivity contribution is -0.148. The molecule has 2 heteroatoms. The summed E-state index contributed by atoms with van der Waals surface area (Å²) < 4.78 is 11.8. The minimum atomic E-state index is -0.214. The molecular weight excluding hydrogens is 248 g/mol. The van der Waals surface area contributed by atoms with Crippen LogP contribution in [0.3, 0.4) is 0 Å². The van der Waals surface area contributed by atoms with Crippen LogP contribution < -0.4 is 0 Å². The van der Waals surface area contributed by atoms with Crippen LogP contribution >= 0.6 is 0 Å². The smallest absolute Gasteiger partial charge is 0.183 e. The van der Waals surface area contributed by atoms with Crippen LogP contribution in [0.15, 0.2) is 24.3 Å². The number of ether oxygens (including phenoxy) is 2. The second-order valence-electron chi connectivity index (χ2n) is 5.60. The molecule has 0 aliphatic carbocycles. The maximum absolute atomic E-state index is 5.89. The van der Waals surface area contributed by atoms with E-state index in [9.17, 15) is 0 Å². The highest BCUT2D eigenvalue weighted by molar-refractivity contribution is 5.25. The van der Waals surface area contributed by atoms with Gasteiger partial charge in [-0.05, 0) is 24.3 Å². The molecule has 0 heterocycles. The Labute approximate surface area is 124 Å². The van der Waals surface area contributed by atoms with Crippen molar-refractivity contribution in [1.29, 1.82) is 0 Å². The summed E-state index contributed by atoms with van der Waals surface area (Å²) in [5.74, 6) is 0.560. The lowest BCUT2D eigenvalue weighted by atomic mass is 10.0. The molecule has 0 fully saturated rings. The lowest BCUT2D eigenvalue weighted by Crippen LogP contribution is -2.11.